The van der Waals surface area contributed by atoms with Crippen molar-refractivity contribution in [3.63, 3.8) is 0 Å². The average molecular weight is 366 g/mol. The number of carbonyl (C=O) groups excluding carboxylic acids is 1. The second-order valence-electron chi connectivity index (χ2n) is 6.70. The summed E-state index contributed by atoms with van der Waals surface area (Å²) in [6, 6.07) is 5.56. The second-order valence-corrected chi connectivity index (χ2v) is 6.70. The highest BCUT2D eigenvalue weighted by atomic mass is 16.3. The number of hydrogen-bond donors (Lipinski definition) is 1. The van der Waals surface area contributed by atoms with Crippen LogP contribution in [0.15, 0.2) is 47.6 Å². The molecule has 1 unspecified atom stereocenters. The predicted molar refractivity (Wildman–Crippen MR) is 97.9 cm³/mol. The van der Waals surface area contributed by atoms with E-state index in [4.69, 9.17) is 4.42 Å². The maximum Gasteiger partial charge on any atom is 0.237 e. The number of amides is 1. The smallest absolute Gasteiger partial charge is 0.237 e. The van der Waals surface area contributed by atoms with Crippen LogP contribution in [0.1, 0.15) is 30.0 Å². The molecule has 3 aromatic rings. The number of nitrogens with zero attached hydrogens (tertiary/aromatic N) is 5. The Morgan fingerprint density at radius 1 is 1.41 bits per heavy atom. The molecule has 8 nitrogen and oxygen atoms in total. The SMILES string of the molecule is Cc1cc(CNC(=O)C2CCCN2Cc2ccco2)nc(-n2ccnc2)n1. The van der Waals surface area contributed by atoms with Crippen LogP contribution in [0.4, 0.5) is 0 Å². The standard InChI is InChI=1S/C19H22N6O2/c1-14-10-15(23-19(22-14)25-8-6-20-13-25)11-21-18(26)17-5-2-7-24(17)12-16-4-3-9-27-16/h3-4,6,8-10,13,17H,2,5,7,11-12H2,1H3,(H,21,26). The van der Waals surface area contributed by atoms with E-state index in [0.29, 0.717) is 19.0 Å². The zero-order valence-electron chi connectivity index (χ0n) is 15.2. The lowest BCUT2D eigenvalue weighted by Gasteiger charge is -2.22. The van der Waals surface area contributed by atoms with Gasteiger partial charge in [0.25, 0.3) is 0 Å². The molecular weight excluding hydrogens is 344 g/mol. The molecule has 1 atom stereocenters. The average Bonchev–Trinajstić information content (AvgIpc) is 3.42. The summed E-state index contributed by atoms with van der Waals surface area (Å²) >= 11 is 0. The molecule has 140 valence electrons. The van der Waals surface area contributed by atoms with Crippen molar-refractivity contribution in [1.82, 2.24) is 29.7 Å². The third-order valence-electron chi connectivity index (χ3n) is 4.68. The van der Waals surface area contributed by atoms with Crippen molar-refractivity contribution in [2.24, 2.45) is 0 Å². The highest BCUT2D eigenvalue weighted by Crippen LogP contribution is 2.20. The summed E-state index contributed by atoms with van der Waals surface area (Å²) in [4.78, 5) is 27.8. The topological polar surface area (TPSA) is 89.1 Å². The van der Waals surface area contributed by atoms with Gasteiger partial charge in [-0.1, -0.05) is 0 Å². The van der Waals surface area contributed by atoms with Crippen molar-refractivity contribution in [3.05, 3.63) is 60.3 Å². The van der Waals surface area contributed by atoms with Gasteiger partial charge in [0.1, 0.15) is 12.1 Å². The first-order valence-electron chi connectivity index (χ1n) is 9.06. The number of nitrogens with one attached hydrogen (secondary N) is 1. The van der Waals surface area contributed by atoms with Crippen LogP contribution in [0.25, 0.3) is 5.95 Å². The van der Waals surface area contributed by atoms with E-state index >= 15 is 0 Å². The minimum Gasteiger partial charge on any atom is -0.468 e. The van der Waals surface area contributed by atoms with Crippen LogP contribution in [0, 0.1) is 6.92 Å². The summed E-state index contributed by atoms with van der Waals surface area (Å²) in [5, 5.41) is 3.02. The van der Waals surface area contributed by atoms with Crippen LogP contribution in [-0.4, -0.2) is 42.9 Å². The highest BCUT2D eigenvalue weighted by molar-refractivity contribution is 5.82. The number of aryl methyl sites for hydroxylation is 1. The molecule has 1 saturated heterocycles. The molecule has 8 heteroatoms. The van der Waals surface area contributed by atoms with Crippen molar-refractivity contribution in [3.8, 4) is 5.95 Å². The molecule has 27 heavy (non-hydrogen) atoms. The molecule has 4 rings (SSSR count). The fraction of sp³-hybridized carbons (Fsp3) is 0.368. The molecule has 1 aliphatic rings. The zero-order chi connectivity index (χ0) is 18.6. The van der Waals surface area contributed by atoms with Gasteiger partial charge in [-0.25, -0.2) is 15.0 Å². The van der Waals surface area contributed by atoms with E-state index in [-0.39, 0.29) is 11.9 Å². The second kappa shape index (κ2) is 7.71. The van der Waals surface area contributed by atoms with Crippen LogP contribution in [0.5, 0.6) is 0 Å². The zero-order valence-corrected chi connectivity index (χ0v) is 15.2. The normalized spacial score (nSPS) is 17.3. The Labute approximate surface area is 157 Å². The van der Waals surface area contributed by atoms with Gasteiger partial charge in [-0.05, 0) is 44.5 Å². The molecule has 0 aliphatic carbocycles. The van der Waals surface area contributed by atoms with E-state index in [0.717, 1.165) is 36.5 Å². The molecule has 0 saturated carbocycles. The molecule has 0 bridgehead atoms. The van der Waals surface area contributed by atoms with Gasteiger partial charge in [0.15, 0.2) is 0 Å². The molecule has 3 aromatic heterocycles. The highest BCUT2D eigenvalue weighted by Gasteiger charge is 2.31. The lowest BCUT2D eigenvalue weighted by Crippen LogP contribution is -2.42. The number of aromatic nitrogens is 4. The largest absolute Gasteiger partial charge is 0.468 e. The molecule has 0 spiro atoms. The number of imidazole rings is 1. The number of furan rings is 1. The molecular formula is C19H22N6O2. The Bertz CT molecular complexity index is 891. The van der Waals surface area contributed by atoms with Gasteiger partial charge in [-0.15, -0.1) is 0 Å². The van der Waals surface area contributed by atoms with E-state index in [1.165, 1.54) is 0 Å². The third kappa shape index (κ3) is 4.06. The lowest BCUT2D eigenvalue weighted by atomic mass is 10.2. The van der Waals surface area contributed by atoms with E-state index in [2.05, 4.69) is 25.2 Å². The molecule has 1 fully saturated rings. The lowest BCUT2D eigenvalue weighted by molar-refractivity contribution is -0.125. The summed E-state index contributed by atoms with van der Waals surface area (Å²) in [7, 11) is 0. The Kier molecular flexibility index (Phi) is 4.97. The summed E-state index contributed by atoms with van der Waals surface area (Å²) in [5.41, 5.74) is 1.62. The number of hydrogen-bond acceptors (Lipinski definition) is 6. The van der Waals surface area contributed by atoms with Gasteiger partial charge in [-0.2, -0.15) is 0 Å². The molecule has 0 aromatic carbocycles. The first-order valence-corrected chi connectivity index (χ1v) is 9.06. The quantitative estimate of drug-likeness (QED) is 0.716. The van der Waals surface area contributed by atoms with Crippen LogP contribution in [0.3, 0.4) is 0 Å². The number of rotatable bonds is 6. The molecule has 1 N–H and O–H groups in total. The predicted octanol–water partition coefficient (Wildman–Crippen LogP) is 1.84. The maximum absolute atomic E-state index is 12.7. The molecule has 4 heterocycles. The Morgan fingerprint density at radius 3 is 3.11 bits per heavy atom. The summed E-state index contributed by atoms with van der Waals surface area (Å²) in [5.74, 6) is 1.46. The summed E-state index contributed by atoms with van der Waals surface area (Å²) < 4.78 is 7.17. The van der Waals surface area contributed by atoms with Crippen molar-refractivity contribution in [2.75, 3.05) is 6.54 Å². The van der Waals surface area contributed by atoms with Crippen LogP contribution in [0.2, 0.25) is 0 Å². The van der Waals surface area contributed by atoms with E-state index < -0.39 is 0 Å². The third-order valence-corrected chi connectivity index (χ3v) is 4.68. The van der Waals surface area contributed by atoms with Crippen LogP contribution < -0.4 is 5.32 Å². The van der Waals surface area contributed by atoms with E-state index in [1.807, 2.05) is 25.1 Å². The van der Waals surface area contributed by atoms with Gasteiger partial charge in [-0.3, -0.25) is 14.3 Å². The van der Waals surface area contributed by atoms with Gasteiger partial charge in [0.2, 0.25) is 11.9 Å². The van der Waals surface area contributed by atoms with Crippen LogP contribution >= 0.6 is 0 Å². The molecule has 0 radical (unpaired) electrons. The Morgan fingerprint density at radius 2 is 2.33 bits per heavy atom. The fourth-order valence-electron chi connectivity index (χ4n) is 3.41. The fourth-order valence-corrected chi connectivity index (χ4v) is 3.41. The summed E-state index contributed by atoms with van der Waals surface area (Å²) in [6.07, 6.45) is 8.66. The van der Waals surface area contributed by atoms with Crippen LogP contribution in [-0.2, 0) is 17.9 Å². The Balaban J connectivity index is 1.40. The van der Waals surface area contributed by atoms with Crippen molar-refractivity contribution < 1.29 is 9.21 Å². The number of likely N-dealkylation sites (tertiary alicyclic amines) is 1. The first kappa shape index (κ1) is 17.4. The molecule has 1 amide bonds. The monoisotopic (exact) mass is 366 g/mol. The maximum atomic E-state index is 12.7. The minimum atomic E-state index is -0.133. The van der Waals surface area contributed by atoms with E-state index in [1.54, 1.807) is 29.6 Å². The van der Waals surface area contributed by atoms with Gasteiger partial charge in [0, 0.05) is 18.1 Å². The van der Waals surface area contributed by atoms with Gasteiger partial charge in [0.05, 0.1) is 31.1 Å². The Hall–Kier alpha value is -3.00. The number of carbonyl (C=O) groups is 1. The van der Waals surface area contributed by atoms with Crippen molar-refractivity contribution in [1.29, 1.82) is 0 Å². The van der Waals surface area contributed by atoms with Gasteiger partial charge < -0.3 is 9.73 Å². The van der Waals surface area contributed by atoms with Crippen molar-refractivity contribution >= 4 is 5.91 Å². The van der Waals surface area contributed by atoms with Crippen molar-refractivity contribution in [2.45, 2.75) is 38.9 Å². The summed E-state index contributed by atoms with van der Waals surface area (Å²) in [6.45, 7) is 3.84. The molecule has 1 aliphatic heterocycles. The van der Waals surface area contributed by atoms with Gasteiger partial charge >= 0.3 is 0 Å². The minimum absolute atomic E-state index is 0.0273. The first-order chi connectivity index (χ1) is 13.2. The van der Waals surface area contributed by atoms with E-state index in [9.17, 15) is 4.79 Å².